The molecule has 3 aromatic rings. The van der Waals surface area contributed by atoms with Gasteiger partial charge in [0.2, 0.25) is 15.9 Å². The first kappa shape index (κ1) is 26.0. The van der Waals surface area contributed by atoms with Crippen molar-refractivity contribution in [2.45, 2.75) is 31.4 Å². The molecular formula is C24H31N5O5S2. The largest absolute Gasteiger partial charge is 0.506 e. The molecule has 2 heterocycles. The second kappa shape index (κ2) is 10.9. The number of thiazole rings is 1. The molecule has 0 spiro atoms. The SMILES string of the molecule is CS(=O)(=O)Nc1cc(C(O)CNC2CCN(c3ccc(Cc4sc(N)nc4O)cc3)CC2)ccc1O. The number of nitrogens with two attached hydrogens (primary N) is 1. The predicted octanol–water partition coefficient (Wildman–Crippen LogP) is 2.39. The number of benzene rings is 2. The van der Waals surface area contributed by atoms with Crippen LogP contribution in [0.15, 0.2) is 42.5 Å². The Morgan fingerprint density at radius 1 is 1.17 bits per heavy atom. The van der Waals surface area contributed by atoms with Crippen molar-refractivity contribution in [3.8, 4) is 11.6 Å². The van der Waals surface area contributed by atoms with Crippen LogP contribution in [0.25, 0.3) is 0 Å². The molecule has 0 saturated carbocycles. The number of hydrogen-bond donors (Lipinski definition) is 6. The number of aromatic hydroxyl groups is 2. The van der Waals surface area contributed by atoms with E-state index in [4.69, 9.17) is 5.73 Å². The van der Waals surface area contributed by atoms with Gasteiger partial charge in [0, 0.05) is 37.8 Å². The summed E-state index contributed by atoms with van der Waals surface area (Å²) >= 11 is 1.29. The lowest BCUT2D eigenvalue weighted by Crippen LogP contribution is -2.43. The van der Waals surface area contributed by atoms with E-state index in [2.05, 4.69) is 44.2 Å². The minimum atomic E-state index is -3.55. The van der Waals surface area contributed by atoms with E-state index in [9.17, 15) is 23.7 Å². The molecule has 0 amide bonds. The van der Waals surface area contributed by atoms with E-state index < -0.39 is 16.1 Å². The summed E-state index contributed by atoms with van der Waals surface area (Å²) in [6.45, 7) is 2.07. The summed E-state index contributed by atoms with van der Waals surface area (Å²) in [6.07, 6.45) is 2.58. The Kier molecular flexibility index (Phi) is 7.88. The number of phenolic OH excluding ortho intramolecular Hbond substituents is 1. The second-order valence-electron chi connectivity index (χ2n) is 8.98. The van der Waals surface area contributed by atoms with Gasteiger partial charge < -0.3 is 31.3 Å². The normalized spacial score (nSPS) is 15.7. The molecule has 36 heavy (non-hydrogen) atoms. The molecule has 10 nitrogen and oxygen atoms in total. The lowest BCUT2D eigenvalue weighted by Gasteiger charge is -2.34. The zero-order chi connectivity index (χ0) is 25.9. The van der Waals surface area contributed by atoms with Crippen LogP contribution in [0.5, 0.6) is 11.6 Å². The molecule has 1 saturated heterocycles. The molecule has 7 N–H and O–H groups in total. The molecule has 12 heteroatoms. The summed E-state index contributed by atoms with van der Waals surface area (Å²) in [5, 5.41) is 34.1. The molecule has 0 aliphatic carbocycles. The quantitative estimate of drug-likeness (QED) is 0.227. The van der Waals surface area contributed by atoms with E-state index in [1.807, 2.05) is 0 Å². The summed E-state index contributed by atoms with van der Waals surface area (Å²) < 4.78 is 25.2. The van der Waals surface area contributed by atoms with Crippen molar-refractivity contribution < 1.29 is 23.7 Å². The number of aliphatic hydroxyl groups is 1. The zero-order valence-corrected chi connectivity index (χ0v) is 21.5. The Hall–Kier alpha value is -3.06. The lowest BCUT2D eigenvalue weighted by atomic mass is 10.0. The first-order chi connectivity index (χ1) is 17.1. The topological polar surface area (TPSA) is 161 Å². The molecule has 1 fully saturated rings. The minimum Gasteiger partial charge on any atom is -0.506 e. The van der Waals surface area contributed by atoms with Gasteiger partial charge in [0.25, 0.3) is 0 Å². The Balaban J connectivity index is 1.26. The molecule has 1 aromatic heterocycles. The molecular weight excluding hydrogens is 502 g/mol. The van der Waals surface area contributed by atoms with Gasteiger partial charge in [-0.25, -0.2) is 8.42 Å². The van der Waals surface area contributed by atoms with E-state index in [1.54, 1.807) is 6.07 Å². The second-order valence-corrected chi connectivity index (χ2v) is 11.8. The van der Waals surface area contributed by atoms with Crippen LogP contribution in [0.1, 0.15) is 34.9 Å². The van der Waals surface area contributed by atoms with Crippen LogP contribution in [0.3, 0.4) is 0 Å². The maximum absolute atomic E-state index is 11.5. The van der Waals surface area contributed by atoms with Crippen molar-refractivity contribution in [2.75, 3.05) is 41.2 Å². The van der Waals surface area contributed by atoms with E-state index >= 15 is 0 Å². The van der Waals surface area contributed by atoms with Gasteiger partial charge in [-0.1, -0.05) is 29.5 Å². The van der Waals surface area contributed by atoms with Crippen molar-refractivity contribution in [3.63, 3.8) is 0 Å². The Labute approximate surface area is 214 Å². The first-order valence-corrected chi connectivity index (χ1v) is 14.3. The van der Waals surface area contributed by atoms with Crippen LogP contribution in [0, 0.1) is 0 Å². The Morgan fingerprint density at radius 3 is 2.47 bits per heavy atom. The van der Waals surface area contributed by atoms with Crippen LogP contribution in [0.4, 0.5) is 16.5 Å². The van der Waals surface area contributed by atoms with Crippen LogP contribution >= 0.6 is 11.3 Å². The molecule has 2 aromatic carbocycles. The van der Waals surface area contributed by atoms with E-state index in [-0.39, 0.29) is 23.4 Å². The average Bonchev–Trinajstić information content (AvgIpc) is 3.15. The van der Waals surface area contributed by atoms with Gasteiger partial charge in [0.15, 0.2) is 5.13 Å². The molecule has 1 atom stereocenters. The van der Waals surface area contributed by atoms with E-state index in [1.165, 1.54) is 23.5 Å². The number of phenols is 1. The standard InChI is InChI=1S/C24H31N5O5S2/c1-36(33,34)28-19-13-16(4-7-20(19)30)21(31)14-26-17-8-10-29(11-9-17)18-5-2-15(3-6-18)12-22-23(32)27-24(25)35-22/h2-7,13,17,21,26,28,30-32H,8-12,14H2,1H3,(H2,25,27). The summed E-state index contributed by atoms with van der Waals surface area (Å²) in [6, 6.07) is 12.9. The fourth-order valence-corrected chi connectivity index (χ4v) is 5.59. The lowest BCUT2D eigenvalue weighted by molar-refractivity contribution is 0.167. The summed E-state index contributed by atoms with van der Waals surface area (Å²) in [5.74, 6) is -0.200. The molecule has 1 aliphatic heterocycles. The molecule has 4 rings (SSSR count). The van der Waals surface area contributed by atoms with Crippen LogP contribution < -0.4 is 20.7 Å². The highest BCUT2D eigenvalue weighted by atomic mass is 32.2. The van der Waals surface area contributed by atoms with Crippen LogP contribution in [0.2, 0.25) is 0 Å². The third kappa shape index (κ3) is 6.78. The Morgan fingerprint density at radius 2 is 1.86 bits per heavy atom. The number of nitrogen functional groups attached to an aromatic ring is 1. The van der Waals surface area contributed by atoms with Crippen molar-refractivity contribution in [1.29, 1.82) is 0 Å². The molecule has 1 aliphatic rings. The highest BCUT2D eigenvalue weighted by Gasteiger charge is 2.21. The van der Waals surface area contributed by atoms with Gasteiger partial charge in [0.05, 0.1) is 22.9 Å². The van der Waals surface area contributed by atoms with Crippen molar-refractivity contribution in [1.82, 2.24) is 10.3 Å². The number of nitrogens with one attached hydrogen (secondary N) is 2. The number of rotatable bonds is 9. The van der Waals surface area contributed by atoms with Gasteiger partial charge in [-0.2, -0.15) is 4.98 Å². The van der Waals surface area contributed by atoms with Crippen molar-refractivity contribution >= 4 is 37.9 Å². The van der Waals surface area contributed by atoms with E-state index in [0.29, 0.717) is 23.7 Å². The maximum Gasteiger partial charge on any atom is 0.229 e. The highest BCUT2D eigenvalue weighted by Crippen LogP contribution is 2.30. The molecule has 0 radical (unpaired) electrons. The number of aliphatic hydroxyl groups excluding tert-OH is 1. The summed E-state index contributed by atoms with van der Waals surface area (Å²) in [4.78, 5) is 6.93. The highest BCUT2D eigenvalue weighted by molar-refractivity contribution is 7.92. The van der Waals surface area contributed by atoms with Gasteiger partial charge in [-0.3, -0.25) is 4.72 Å². The van der Waals surface area contributed by atoms with Crippen LogP contribution in [-0.2, 0) is 16.4 Å². The maximum atomic E-state index is 11.5. The summed E-state index contributed by atoms with van der Waals surface area (Å²) in [5.41, 5.74) is 8.43. The number of hydrogen-bond acceptors (Lipinski definition) is 10. The number of nitrogens with zero attached hydrogens (tertiary/aromatic N) is 2. The number of sulfonamides is 1. The number of aromatic nitrogens is 1. The van der Waals surface area contributed by atoms with Gasteiger partial charge in [-0.05, 0) is 48.2 Å². The molecule has 0 bridgehead atoms. The predicted molar refractivity (Wildman–Crippen MR) is 142 cm³/mol. The van der Waals surface area contributed by atoms with Crippen LogP contribution in [-0.4, -0.2) is 60.7 Å². The van der Waals surface area contributed by atoms with Gasteiger partial charge in [0.1, 0.15) is 5.75 Å². The monoisotopic (exact) mass is 533 g/mol. The average molecular weight is 534 g/mol. The first-order valence-electron chi connectivity index (χ1n) is 11.6. The van der Waals surface area contributed by atoms with Gasteiger partial charge in [-0.15, -0.1) is 0 Å². The minimum absolute atomic E-state index is 0.00214. The third-order valence-electron chi connectivity index (χ3n) is 6.16. The number of piperidine rings is 1. The number of anilines is 3. The van der Waals surface area contributed by atoms with E-state index in [0.717, 1.165) is 48.3 Å². The molecule has 1 unspecified atom stereocenters. The fraction of sp³-hybridized carbons (Fsp3) is 0.375. The molecule has 194 valence electrons. The van der Waals surface area contributed by atoms with Crippen molar-refractivity contribution in [3.05, 3.63) is 58.5 Å². The Bertz CT molecular complexity index is 1290. The summed E-state index contributed by atoms with van der Waals surface area (Å²) in [7, 11) is -3.55. The third-order valence-corrected chi connectivity index (χ3v) is 7.62. The zero-order valence-electron chi connectivity index (χ0n) is 19.9. The smallest absolute Gasteiger partial charge is 0.229 e. The van der Waals surface area contributed by atoms with Crippen molar-refractivity contribution in [2.24, 2.45) is 0 Å². The fourth-order valence-electron chi connectivity index (χ4n) is 4.27. The van der Waals surface area contributed by atoms with Gasteiger partial charge >= 0.3 is 0 Å².